The minimum Gasteiger partial charge on any atom is -0.389 e. The molecule has 0 saturated carbocycles. The van der Waals surface area contributed by atoms with Crippen molar-refractivity contribution >= 4 is 44.7 Å². The molecule has 1 aromatic carbocycles. The highest BCUT2D eigenvalue weighted by atomic mass is 35.5. The Bertz CT molecular complexity index is 646. The summed E-state index contributed by atoms with van der Waals surface area (Å²) < 4.78 is 26.6. The van der Waals surface area contributed by atoms with E-state index in [1.165, 1.54) is 32.2 Å². The lowest BCUT2D eigenvalue weighted by atomic mass is 10.2. The van der Waals surface area contributed by atoms with Crippen LogP contribution in [0.15, 0.2) is 23.1 Å². The molecule has 0 fully saturated rings. The third-order valence-corrected chi connectivity index (χ3v) is 4.73. The maximum Gasteiger partial charge on any atom is 0.242 e. The Balaban J connectivity index is 3.18. The molecular weight excluding hydrogens is 322 g/mol. The molecule has 1 unspecified atom stereocenters. The van der Waals surface area contributed by atoms with Crippen LogP contribution >= 0.6 is 23.8 Å². The molecule has 4 N–H and O–H groups in total. The van der Waals surface area contributed by atoms with Crippen molar-refractivity contribution in [3.8, 4) is 0 Å². The van der Waals surface area contributed by atoms with Gasteiger partial charge in [-0.1, -0.05) is 29.9 Å². The van der Waals surface area contributed by atoms with E-state index in [2.05, 4.69) is 10.0 Å². The Morgan fingerprint density at radius 3 is 2.55 bits per heavy atom. The summed E-state index contributed by atoms with van der Waals surface area (Å²) in [5, 5.41) is 2.36. The van der Waals surface area contributed by atoms with Gasteiger partial charge in [0.2, 0.25) is 15.9 Å². The highest BCUT2D eigenvalue weighted by molar-refractivity contribution is 7.89. The number of sulfonamides is 1. The summed E-state index contributed by atoms with van der Waals surface area (Å²) in [7, 11) is -2.55. The first-order chi connectivity index (χ1) is 9.19. The number of carbonyl (C=O) groups is 1. The lowest BCUT2D eigenvalue weighted by Crippen LogP contribution is -2.43. The largest absolute Gasteiger partial charge is 0.389 e. The summed E-state index contributed by atoms with van der Waals surface area (Å²) >= 11 is 10.7. The molecule has 0 saturated heterocycles. The van der Waals surface area contributed by atoms with Gasteiger partial charge in [-0.05, 0) is 19.1 Å². The number of carbonyl (C=O) groups excluding carboxylic acids is 1. The van der Waals surface area contributed by atoms with Gasteiger partial charge in [0.15, 0.2) is 0 Å². The first-order valence-corrected chi connectivity index (χ1v) is 7.79. The van der Waals surface area contributed by atoms with Gasteiger partial charge in [0.1, 0.15) is 9.88 Å². The molecule has 6 nitrogen and oxygen atoms in total. The summed E-state index contributed by atoms with van der Waals surface area (Å²) in [6.07, 6.45) is 0. The zero-order valence-corrected chi connectivity index (χ0v) is 13.2. The first kappa shape index (κ1) is 16.8. The Morgan fingerprint density at radius 2 is 2.05 bits per heavy atom. The topological polar surface area (TPSA) is 101 Å². The number of rotatable bonds is 5. The number of thiocarbonyl (C=S) groups is 1. The minimum atomic E-state index is -3.96. The normalized spacial score (nSPS) is 12.8. The first-order valence-electron chi connectivity index (χ1n) is 5.52. The quantitative estimate of drug-likeness (QED) is 0.676. The summed E-state index contributed by atoms with van der Waals surface area (Å²) in [6, 6.07) is 3.24. The van der Waals surface area contributed by atoms with Crippen LogP contribution in [-0.4, -0.2) is 32.4 Å². The molecule has 1 rings (SSSR count). The maximum absolute atomic E-state index is 12.2. The lowest BCUT2D eigenvalue weighted by Gasteiger charge is -2.14. The zero-order valence-electron chi connectivity index (χ0n) is 10.8. The second-order valence-corrected chi connectivity index (χ2v) is 6.50. The van der Waals surface area contributed by atoms with Gasteiger partial charge < -0.3 is 11.1 Å². The molecule has 0 aliphatic rings. The van der Waals surface area contributed by atoms with E-state index in [9.17, 15) is 13.2 Å². The second kappa shape index (κ2) is 6.49. The van der Waals surface area contributed by atoms with Crippen LogP contribution in [0.4, 0.5) is 0 Å². The summed E-state index contributed by atoms with van der Waals surface area (Å²) in [5.41, 5.74) is 5.83. The third kappa shape index (κ3) is 3.89. The van der Waals surface area contributed by atoms with Crippen molar-refractivity contribution in [2.45, 2.75) is 17.9 Å². The smallest absolute Gasteiger partial charge is 0.242 e. The standard InChI is InChI=1S/C11H14ClN3O3S2/c1-6(11(16)14-2)15-20(17,18)9-5-7(10(13)19)3-4-8(9)12/h3-6,15H,1-2H3,(H2,13,19)(H,14,16). The molecule has 0 aliphatic heterocycles. The van der Waals surface area contributed by atoms with Gasteiger partial charge in [0.05, 0.1) is 11.1 Å². The van der Waals surface area contributed by atoms with Gasteiger partial charge >= 0.3 is 0 Å². The number of likely N-dealkylation sites (N-methyl/N-ethyl adjacent to an activating group) is 1. The molecule has 0 spiro atoms. The predicted octanol–water partition coefficient (Wildman–Crippen LogP) is 0.387. The van der Waals surface area contributed by atoms with Crippen LogP contribution in [0, 0.1) is 0 Å². The number of nitrogens with one attached hydrogen (secondary N) is 2. The van der Waals surface area contributed by atoms with Crippen molar-refractivity contribution in [2.24, 2.45) is 5.73 Å². The van der Waals surface area contributed by atoms with Crippen LogP contribution in [-0.2, 0) is 14.8 Å². The number of nitrogens with two attached hydrogens (primary N) is 1. The lowest BCUT2D eigenvalue weighted by molar-refractivity contribution is -0.121. The van der Waals surface area contributed by atoms with E-state index in [0.29, 0.717) is 5.56 Å². The Kier molecular flexibility index (Phi) is 5.46. The number of benzene rings is 1. The van der Waals surface area contributed by atoms with Crippen LogP contribution in [0.5, 0.6) is 0 Å². The second-order valence-electron chi connectivity index (χ2n) is 3.97. The molecule has 0 heterocycles. The van der Waals surface area contributed by atoms with Crippen LogP contribution < -0.4 is 15.8 Å². The summed E-state index contributed by atoms with van der Waals surface area (Å²) in [4.78, 5) is 11.2. The van der Waals surface area contributed by atoms with Crippen LogP contribution in [0.1, 0.15) is 12.5 Å². The van der Waals surface area contributed by atoms with Gasteiger partial charge in [-0.3, -0.25) is 4.79 Å². The molecule has 9 heteroatoms. The van der Waals surface area contributed by atoms with Crippen molar-refractivity contribution in [1.82, 2.24) is 10.0 Å². The van der Waals surface area contributed by atoms with Crippen molar-refractivity contribution in [3.63, 3.8) is 0 Å². The summed E-state index contributed by atoms with van der Waals surface area (Å²) in [5.74, 6) is -0.463. The molecule has 0 aliphatic carbocycles. The molecule has 0 aromatic heterocycles. The number of amides is 1. The molecule has 0 bridgehead atoms. The molecule has 1 aromatic rings. The van der Waals surface area contributed by atoms with Crippen molar-refractivity contribution in [3.05, 3.63) is 28.8 Å². The maximum atomic E-state index is 12.2. The minimum absolute atomic E-state index is 0.0154. The fourth-order valence-corrected chi connectivity index (χ4v) is 3.28. The Morgan fingerprint density at radius 1 is 1.45 bits per heavy atom. The number of hydrogen-bond donors (Lipinski definition) is 3. The van der Waals surface area contributed by atoms with Crippen molar-refractivity contribution < 1.29 is 13.2 Å². The molecular formula is C11H14ClN3O3S2. The zero-order chi connectivity index (χ0) is 15.5. The van der Waals surface area contributed by atoms with Gasteiger partial charge in [-0.25, -0.2) is 8.42 Å². The Labute approximate surface area is 127 Å². The molecule has 1 amide bonds. The van der Waals surface area contributed by atoms with E-state index >= 15 is 0 Å². The van der Waals surface area contributed by atoms with Gasteiger partial charge in [0, 0.05) is 12.6 Å². The van der Waals surface area contributed by atoms with E-state index < -0.39 is 22.0 Å². The molecule has 0 radical (unpaired) electrons. The average Bonchev–Trinajstić information content (AvgIpc) is 2.37. The van der Waals surface area contributed by atoms with E-state index in [1.54, 1.807) is 0 Å². The molecule has 20 heavy (non-hydrogen) atoms. The molecule has 1 atom stereocenters. The fraction of sp³-hybridized carbons (Fsp3) is 0.273. The van der Waals surface area contributed by atoms with Crippen LogP contribution in [0.2, 0.25) is 5.02 Å². The van der Waals surface area contributed by atoms with E-state index in [0.717, 1.165) is 0 Å². The van der Waals surface area contributed by atoms with E-state index in [1.807, 2.05) is 0 Å². The van der Waals surface area contributed by atoms with E-state index in [-0.39, 0.29) is 14.9 Å². The Hall–Kier alpha value is -1.22. The highest BCUT2D eigenvalue weighted by Gasteiger charge is 2.24. The SMILES string of the molecule is CNC(=O)C(C)NS(=O)(=O)c1cc(C(N)=S)ccc1Cl. The van der Waals surface area contributed by atoms with Crippen molar-refractivity contribution in [1.29, 1.82) is 0 Å². The highest BCUT2D eigenvalue weighted by Crippen LogP contribution is 2.22. The van der Waals surface area contributed by atoms with Gasteiger partial charge in [-0.15, -0.1) is 0 Å². The third-order valence-electron chi connectivity index (χ3n) is 2.48. The van der Waals surface area contributed by atoms with Crippen molar-refractivity contribution in [2.75, 3.05) is 7.05 Å². The predicted molar refractivity (Wildman–Crippen MR) is 81.2 cm³/mol. The monoisotopic (exact) mass is 335 g/mol. The summed E-state index contributed by atoms with van der Waals surface area (Å²) in [6.45, 7) is 1.42. The van der Waals surface area contributed by atoms with Crippen LogP contribution in [0.25, 0.3) is 0 Å². The number of hydrogen-bond acceptors (Lipinski definition) is 4. The van der Waals surface area contributed by atoms with E-state index in [4.69, 9.17) is 29.6 Å². The number of halogens is 1. The van der Waals surface area contributed by atoms with Gasteiger partial charge in [-0.2, -0.15) is 4.72 Å². The fourth-order valence-electron chi connectivity index (χ4n) is 1.43. The van der Waals surface area contributed by atoms with Gasteiger partial charge in [0.25, 0.3) is 0 Å². The molecule has 110 valence electrons. The van der Waals surface area contributed by atoms with Crippen LogP contribution in [0.3, 0.4) is 0 Å². The average molecular weight is 336 g/mol.